The van der Waals surface area contributed by atoms with Crippen molar-refractivity contribution >= 4 is 33.7 Å². The number of carbonyl (C=O) groups excluding carboxylic acids is 1. The minimum absolute atomic E-state index is 0.0629. The average Bonchev–Trinajstić information content (AvgIpc) is 3.44. The first-order valence-electron chi connectivity index (χ1n) is 10.5. The first kappa shape index (κ1) is 20.6. The molecular formula is C24H21N3O6. The van der Waals surface area contributed by atoms with Crippen LogP contribution < -0.4 is 20.2 Å². The van der Waals surface area contributed by atoms with E-state index in [1.807, 2.05) is 31.2 Å². The second-order valence-electron chi connectivity index (χ2n) is 7.81. The fourth-order valence-corrected chi connectivity index (χ4v) is 4.16. The van der Waals surface area contributed by atoms with Crippen molar-refractivity contribution < 1.29 is 24.2 Å². The van der Waals surface area contributed by atoms with Gasteiger partial charge in [0.15, 0.2) is 11.5 Å². The van der Waals surface area contributed by atoms with Gasteiger partial charge >= 0.3 is 5.97 Å². The predicted molar refractivity (Wildman–Crippen MR) is 121 cm³/mol. The first-order valence-corrected chi connectivity index (χ1v) is 10.5. The Morgan fingerprint density at radius 1 is 1.18 bits per heavy atom. The van der Waals surface area contributed by atoms with Crippen molar-refractivity contribution in [2.75, 3.05) is 6.79 Å². The fourth-order valence-electron chi connectivity index (χ4n) is 4.16. The van der Waals surface area contributed by atoms with E-state index in [9.17, 15) is 19.5 Å². The molecule has 1 amide bonds. The lowest BCUT2D eigenvalue weighted by Gasteiger charge is -2.16. The molecule has 1 aliphatic rings. The van der Waals surface area contributed by atoms with E-state index in [1.54, 1.807) is 22.9 Å². The Hall–Kier alpha value is -4.27. The number of benzene rings is 2. The number of ether oxygens (including phenoxy) is 2. The standard InChI is InChI=1S/C24H21N3O6/c1-2-27-11-16(22(28)15-8-20-21(9-19(15)27)33-12-32-20)23(29)26-18(24(30)31)7-13-10-25-17-6-4-3-5-14(13)17/h3-6,8-11,18,25H,2,7,12H2,1H3,(H,26,29)(H,30,31)/t18-/m0/s1. The summed E-state index contributed by atoms with van der Waals surface area (Å²) in [6, 6.07) is 9.58. The number of aliphatic carboxylic acids is 1. The van der Waals surface area contributed by atoms with Crippen molar-refractivity contribution in [3.63, 3.8) is 0 Å². The van der Waals surface area contributed by atoms with Crippen LogP contribution in [0.15, 0.2) is 53.6 Å². The molecule has 9 heteroatoms. The molecule has 0 spiro atoms. The van der Waals surface area contributed by atoms with E-state index in [0.717, 1.165) is 16.5 Å². The molecule has 0 unspecified atom stereocenters. The lowest BCUT2D eigenvalue weighted by Crippen LogP contribution is -2.43. The summed E-state index contributed by atoms with van der Waals surface area (Å²) >= 11 is 0. The highest BCUT2D eigenvalue weighted by Crippen LogP contribution is 2.35. The number of rotatable bonds is 6. The number of aromatic nitrogens is 2. The van der Waals surface area contributed by atoms with Gasteiger partial charge in [-0.3, -0.25) is 9.59 Å². The van der Waals surface area contributed by atoms with E-state index in [4.69, 9.17) is 9.47 Å². The van der Waals surface area contributed by atoms with Gasteiger partial charge < -0.3 is 29.4 Å². The summed E-state index contributed by atoms with van der Waals surface area (Å²) in [5, 5.41) is 13.5. The Labute approximate surface area is 187 Å². The summed E-state index contributed by atoms with van der Waals surface area (Å²) in [5.41, 5.74) is 1.62. The van der Waals surface area contributed by atoms with Crippen molar-refractivity contribution in [1.29, 1.82) is 0 Å². The van der Waals surface area contributed by atoms with Gasteiger partial charge in [0, 0.05) is 42.3 Å². The van der Waals surface area contributed by atoms with Gasteiger partial charge in [-0.05, 0) is 24.6 Å². The number of amides is 1. The lowest BCUT2D eigenvalue weighted by atomic mass is 10.0. The molecule has 0 bridgehead atoms. The minimum Gasteiger partial charge on any atom is -0.480 e. The quantitative estimate of drug-likeness (QED) is 0.418. The topological polar surface area (TPSA) is 123 Å². The largest absolute Gasteiger partial charge is 0.480 e. The number of carboxylic acids is 1. The molecule has 0 radical (unpaired) electrons. The van der Waals surface area contributed by atoms with Crippen LogP contribution in [0.2, 0.25) is 0 Å². The number of carbonyl (C=O) groups is 2. The molecule has 168 valence electrons. The second kappa shape index (κ2) is 8.01. The molecule has 3 heterocycles. The number of nitrogens with zero attached hydrogens (tertiary/aromatic N) is 1. The van der Waals surface area contributed by atoms with E-state index in [2.05, 4.69) is 10.3 Å². The van der Waals surface area contributed by atoms with Crippen LogP contribution in [0, 0.1) is 0 Å². The Kier molecular flexibility index (Phi) is 5.01. The zero-order chi connectivity index (χ0) is 23.1. The van der Waals surface area contributed by atoms with Crippen LogP contribution in [0.5, 0.6) is 11.5 Å². The normalized spacial score (nSPS) is 13.4. The van der Waals surface area contributed by atoms with Crippen molar-refractivity contribution in [1.82, 2.24) is 14.9 Å². The molecule has 0 saturated heterocycles. The van der Waals surface area contributed by atoms with E-state index in [1.165, 1.54) is 6.20 Å². The second-order valence-corrected chi connectivity index (χ2v) is 7.81. The van der Waals surface area contributed by atoms with E-state index < -0.39 is 23.3 Å². The maximum absolute atomic E-state index is 13.2. The van der Waals surface area contributed by atoms with E-state index in [0.29, 0.717) is 28.9 Å². The fraction of sp³-hybridized carbons (Fsp3) is 0.208. The molecule has 1 atom stereocenters. The molecule has 0 saturated carbocycles. The van der Waals surface area contributed by atoms with Crippen LogP contribution >= 0.6 is 0 Å². The monoisotopic (exact) mass is 447 g/mol. The highest BCUT2D eigenvalue weighted by molar-refractivity contribution is 5.99. The molecule has 2 aromatic carbocycles. The first-order chi connectivity index (χ1) is 16.0. The molecular weight excluding hydrogens is 426 g/mol. The zero-order valence-electron chi connectivity index (χ0n) is 17.8. The predicted octanol–water partition coefficient (Wildman–Crippen LogP) is 2.66. The zero-order valence-corrected chi connectivity index (χ0v) is 17.8. The van der Waals surface area contributed by atoms with Gasteiger partial charge in [-0.15, -0.1) is 0 Å². The Bertz CT molecular complexity index is 1470. The van der Waals surface area contributed by atoms with Gasteiger partial charge in [-0.2, -0.15) is 0 Å². The molecule has 3 N–H and O–H groups in total. The summed E-state index contributed by atoms with van der Waals surface area (Å²) < 4.78 is 12.5. The van der Waals surface area contributed by atoms with Gasteiger partial charge in [0.25, 0.3) is 5.91 Å². The highest BCUT2D eigenvalue weighted by atomic mass is 16.7. The summed E-state index contributed by atoms with van der Waals surface area (Å²) in [7, 11) is 0. The number of aryl methyl sites for hydroxylation is 1. The van der Waals surface area contributed by atoms with Gasteiger partial charge in [-0.25, -0.2) is 4.79 Å². The van der Waals surface area contributed by atoms with Gasteiger partial charge in [0.2, 0.25) is 12.2 Å². The number of fused-ring (bicyclic) bond motifs is 3. The molecule has 0 fully saturated rings. The van der Waals surface area contributed by atoms with E-state index >= 15 is 0 Å². The number of hydrogen-bond acceptors (Lipinski definition) is 5. The molecule has 4 aromatic rings. The third-order valence-electron chi connectivity index (χ3n) is 5.86. The summed E-state index contributed by atoms with van der Waals surface area (Å²) in [6.07, 6.45) is 3.25. The third kappa shape index (κ3) is 3.57. The van der Waals surface area contributed by atoms with Gasteiger partial charge in [0.05, 0.1) is 10.9 Å². The number of nitrogens with one attached hydrogen (secondary N) is 2. The number of H-pyrrole nitrogens is 1. The Morgan fingerprint density at radius 3 is 2.70 bits per heavy atom. The third-order valence-corrected chi connectivity index (χ3v) is 5.86. The number of para-hydroxylation sites is 1. The van der Waals surface area contributed by atoms with Crippen LogP contribution in [0.1, 0.15) is 22.8 Å². The number of carboxylic acid groups (broad SMARTS) is 1. The van der Waals surface area contributed by atoms with Crippen LogP contribution in [-0.4, -0.2) is 39.4 Å². The summed E-state index contributed by atoms with van der Waals surface area (Å²) in [5.74, 6) is -0.962. The van der Waals surface area contributed by atoms with Crippen LogP contribution in [0.4, 0.5) is 0 Å². The number of pyridine rings is 1. The van der Waals surface area contributed by atoms with Crippen LogP contribution in [-0.2, 0) is 17.8 Å². The van der Waals surface area contributed by atoms with Crippen LogP contribution in [0.3, 0.4) is 0 Å². The maximum atomic E-state index is 13.2. The van der Waals surface area contributed by atoms with E-state index in [-0.39, 0.29) is 18.8 Å². The average molecular weight is 447 g/mol. The molecule has 9 nitrogen and oxygen atoms in total. The van der Waals surface area contributed by atoms with Crippen molar-refractivity contribution in [3.05, 3.63) is 70.1 Å². The molecule has 2 aromatic heterocycles. The minimum atomic E-state index is -1.21. The smallest absolute Gasteiger partial charge is 0.326 e. The van der Waals surface area contributed by atoms with Crippen molar-refractivity contribution in [3.8, 4) is 11.5 Å². The van der Waals surface area contributed by atoms with Crippen LogP contribution in [0.25, 0.3) is 21.8 Å². The molecule has 0 aliphatic carbocycles. The lowest BCUT2D eigenvalue weighted by molar-refractivity contribution is -0.139. The molecule has 1 aliphatic heterocycles. The summed E-state index contributed by atoms with van der Waals surface area (Å²) in [4.78, 5) is 41.3. The van der Waals surface area contributed by atoms with Gasteiger partial charge in [0.1, 0.15) is 11.6 Å². The Morgan fingerprint density at radius 2 is 1.94 bits per heavy atom. The SMILES string of the molecule is CCn1cc(C(=O)N[C@@H](Cc2c[nH]c3ccccc23)C(=O)O)c(=O)c2cc3c(cc21)OCO3. The number of hydrogen-bond donors (Lipinski definition) is 3. The van der Waals surface area contributed by atoms with Crippen molar-refractivity contribution in [2.24, 2.45) is 0 Å². The summed E-state index contributed by atoms with van der Waals surface area (Å²) in [6.45, 7) is 2.44. The van der Waals surface area contributed by atoms with Gasteiger partial charge in [-0.1, -0.05) is 18.2 Å². The molecule has 33 heavy (non-hydrogen) atoms. The highest BCUT2D eigenvalue weighted by Gasteiger charge is 2.25. The molecule has 5 rings (SSSR count). The maximum Gasteiger partial charge on any atom is 0.326 e. The number of aromatic amines is 1. The van der Waals surface area contributed by atoms with Crippen molar-refractivity contribution in [2.45, 2.75) is 25.9 Å². The Balaban J connectivity index is 1.49.